The molecule has 114 valence electrons. The smallest absolute Gasteiger partial charge is 0.223 e. The normalized spacial score (nSPS) is 17.5. The third-order valence-electron chi connectivity index (χ3n) is 3.76. The van der Waals surface area contributed by atoms with Crippen molar-refractivity contribution in [3.63, 3.8) is 0 Å². The topological polar surface area (TPSA) is 49.4 Å². The summed E-state index contributed by atoms with van der Waals surface area (Å²) in [5.41, 5.74) is 0. The van der Waals surface area contributed by atoms with E-state index in [0.717, 1.165) is 51.7 Å². The van der Waals surface area contributed by atoms with Crippen molar-refractivity contribution in [2.75, 3.05) is 26.7 Å². The maximum atomic E-state index is 11.9. The van der Waals surface area contributed by atoms with Crippen LogP contribution < -0.4 is 5.32 Å². The highest BCUT2D eigenvalue weighted by molar-refractivity contribution is 5.78. The van der Waals surface area contributed by atoms with Crippen LogP contribution in [0.3, 0.4) is 0 Å². The molecule has 1 rings (SSSR count). The van der Waals surface area contributed by atoms with E-state index < -0.39 is 0 Å². The molecular formula is C16H28N2O2. The van der Waals surface area contributed by atoms with Gasteiger partial charge in [-0.2, -0.15) is 0 Å². The first kappa shape index (κ1) is 16.9. The fourth-order valence-corrected chi connectivity index (χ4v) is 2.38. The fraction of sp³-hybridized carbons (Fsp3) is 0.750. The molecular weight excluding hydrogens is 252 g/mol. The van der Waals surface area contributed by atoms with Gasteiger partial charge in [-0.3, -0.25) is 9.59 Å². The van der Waals surface area contributed by atoms with E-state index in [0.29, 0.717) is 6.42 Å². The van der Waals surface area contributed by atoms with E-state index in [4.69, 9.17) is 0 Å². The van der Waals surface area contributed by atoms with Crippen molar-refractivity contribution < 1.29 is 9.59 Å². The molecule has 1 heterocycles. The van der Waals surface area contributed by atoms with Gasteiger partial charge in [-0.15, -0.1) is 0 Å². The molecule has 20 heavy (non-hydrogen) atoms. The van der Waals surface area contributed by atoms with Gasteiger partial charge in [0.25, 0.3) is 0 Å². The van der Waals surface area contributed by atoms with Crippen molar-refractivity contribution in [2.45, 2.75) is 45.4 Å². The van der Waals surface area contributed by atoms with Crippen LogP contribution in [0.15, 0.2) is 12.2 Å². The minimum absolute atomic E-state index is 0.201. The Morgan fingerprint density at radius 1 is 1.20 bits per heavy atom. The van der Waals surface area contributed by atoms with E-state index in [1.165, 1.54) is 0 Å². The van der Waals surface area contributed by atoms with Crippen molar-refractivity contribution in [1.82, 2.24) is 10.2 Å². The minimum Gasteiger partial charge on any atom is -0.356 e. The number of likely N-dealkylation sites (tertiary alicyclic amines) is 1. The van der Waals surface area contributed by atoms with E-state index in [1.807, 2.05) is 6.08 Å². The van der Waals surface area contributed by atoms with Gasteiger partial charge in [-0.05, 0) is 59.2 Å². The summed E-state index contributed by atoms with van der Waals surface area (Å²) in [4.78, 5) is 24.9. The second-order valence-electron chi connectivity index (χ2n) is 5.74. The SMILES string of the molecule is CC(=O)C/C=C/CCCCNC(=O)C1CCN(C)CC1. The molecule has 0 bridgehead atoms. The lowest BCUT2D eigenvalue weighted by molar-refractivity contribution is -0.126. The molecule has 0 aromatic rings. The van der Waals surface area contributed by atoms with Gasteiger partial charge in [0.05, 0.1) is 0 Å². The van der Waals surface area contributed by atoms with Crippen molar-refractivity contribution in [3.8, 4) is 0 Å². The Morgan fingerprint density at radius 3 is 2.55 bits per heavy atom. The Morgan fingerprint density at radius 2 is 1.90 bits per heavy atom. The average Bonchev–Trinajstić information content (AvgIpc) is 2.42. The van der Waals surface area contributed by atoms with E-state index in [-0.39, 0.29) is 17.6 Å². The van der Waals surface area contributed by atoms with Gasteiger partial charge >= 0.3 is 0 Å². The predicted octanol–water partition coefficient (Wildman–Crippen LogP) is 2.15. The van der Waals surface area contributed by atoms with Crippen molar-refractivity contribution in [3.05, 3.63) is 12.2 Å². The lowest BCUT2D eigenvalue weighted by Crippen LogP contribution is -2.39. The maximum absolute atomic E-state index is 11.9. The number of unbranched alkanes of at least 4 members (excludes halogenated alkanes) is 2. The zero-order chi connectivity index (χ0) is 14.8. The van der Waals surface area contributed by atoms with Gasteiger partial charge in [0.2, 0.25) is 5.91 Å². The van der Waals surface area contributed by atoms with E-state index >= 15 is 0 Å². The highest BCUT2D eigenvalue weighted by atomic mass is 16.1. The second-order valence-corrected chi connectivity index (χ2v) is 5.74. The third kappa shape index (κ3) is 7.43. The summed E-state index contributed by atoms with van der Waals surface area (Å²) >= 11 is 0. The molecule has 0 atom stereocenters. The number of piperidine rings is 1. The number of nitrogens with zero attached hydrogens (tertiary/aromatic N) is 1. The minimum atomic E-state index is 0.201. The molecule has 4 heteroatoms. The number of allylic oxidation sites excluding steroid dienone is 2. The summed E-state index contributed by atoms with van der Waals surface area (Å²) in [5.74, 6) is 0.638. The Kier molecular flexibility index (Phi) is 8.19. The van der Waals surface area contributed by atoms with E-state index in [2.05, 4.69) is 23.3 Å². The summed E-state index contributed by atoms with van der Waals surface area (Å²) in [7, 11) is 2.10. The summed E-state index contributed by atoms with van der Waals surface area (Å²) in [6, 6.07) is 0. The number of hydrogen-bond donors (Lipinski definition) is 1. The fourth-order valence-electron chi connectivity index (χ4n) is 2.38. The lowest BCUT2D eigenvalue weighted by atomic mass is 9.96. The molecule has 1 aliphatic rings. The van der Waals surface area contributed by atoms with Crippen molar-refractivity contribution >= 4 is 11.7 Å². The number of amides is 1. The molecule has 1 saturated heterocycles. The third-order valence-corrected chi connectivity index (χ3v) is 3.76. The molecule has 0 radical (unpaired) electrons. The number of Topliss-reactive ketones (excluding diaryl/α,β-unsaturated/α-hetero) is 1. The number of nitrogens with one attached hydrogen (secondary N) is 1. The highest BCUT2D eigenvalue weighted by Gasteiger charge is 2.22. The van der Waals surface area contributed by atoms with Gasteiger partial charge in [-0.25, -0.2) is 0 Å². The van der Waals surface area contributed by atoms with Crippen LogP contribution in [0, 0.1) is 5.92 Å². The molecule has 0 aromatic carbocycles. The number of hydrogen-bond acceptors (Lipinski definition) is 3. The van der Waals surface area contributed by atoms with Gasteiger partial charge in [0.15, 0.2) is 0 Å². The van der Waals surface area contributed by atoms with Gasteiger partial charge in [0.1, 0.15) is 5.78 Å². The van der Waals surface area contributed by atoms with Crippen molar-refractivity contribution in [2.24, 2.45) is 5.92 Å². The summed E-state index contributed by atoms with van der Waals surface area (Å²) in [5, 5.41) is 3.04. The zero-order valence-electron chi connectivity index (χ0n) is 12.9. The van der Waals surface area contributed by atoms with Crippen LogP contribution in [0.2, 0.25) is 0 Å². The quantitative estimate of drug-likeness (QED) is 0.547. The molecule has 0 saturated carbocycles. The number of ketones is 1. The Balaban J connectivity index is 1.99. The van der Waals surface area contributed by atoms with Gasteiger partial charge in [0, 0.05) is 18.9 Å². The molecule has 1 aliphatic heterocycles. The second kappa shape index (κ2) is 9.70. The molecule has 0 aromatic heterocycles. The predicted molar refractivity (Wildman–Crippen MR) is 81.5 cm³/mol. The standard InChI is InChI=1S/C16H28N2O2/c1-14(19)8-6-4-3-5-7-11-17-16(20)15-9-12-18(2)13-10-15/h4,6,15H,3,5,7-13H2,1-2H3,(H,17,20)/b6-4+. The van der Waals surface area contributed by atoms with E-state index in [9.17, 15) is 9.59 Å². The first-order chi connectivity index (χ1) is 9.59. The summed E-state index contributed by atoms with van der Waals surface area (Å²) in [6.07, 6.45) is 9.53. The van der Waals surface area contributed by atoms with Crippen molar-refractivity contribution in [1.29, 1.82) is 0 Å². The molecule has 1 fully saturated rings. The maximum Gasteiger partial charge on any atom is 0.223 e. The number of carbonyl (C=O) groups excluding carboxylic acids is 2. The number of rotatable bonds is 8. The zero-order valence-corrected chi connectivity index (χ0v) is 12.9. The Bertz CT molecular complexity index is 331. The lowest BCUT2D eigenvalue weighted by Gasteiger charge is -2.28. The van der Waals surface area contributed by atoms with Crippen LogP contribution >= 0.6 is 0 Å². The van der Waals surface area contributed by atoms with Gasteiger partial charge in [-0.1, -0.05) is 12.2 Å². The molecule has 0 aliphatic carbocycles. The molecule has 1 amide bonds. The first-order valence-electron chi connectivity index (χ1n) is 7.70. The Labute approximate surface area is 122 Å². The molecule has 4 nitrogen and oxygen atoms in total. The van der Waals surface area contributed by atoms with Crippen LogP contribution in [-0.2, 0) is 9.59 Å². The van der Waals surface area contributed by atoms with E-state index in [1.54, 1.807) is 6.92 Å². The Hall–Kier alpha value is -1.16. The largest absolute Gasteiger partial charge is 0.356 e. The average molecular weight is 280 g/mol. The number of carbonyl (C=O) groups is 2. The highest BCUT2D eigenvalue weighted by Crippen LogP contribution is 2.15. The monoisotopic (exact) mass is 280 g/mol. The molecule has 0 spiro atoms. The first-order valence-corrected chi connectivity index (χ1v) is 7.70. The van der Waals surface area contributed by atoms with Crippen LogP contribution in [0.1, 0.15) is 45.4 Å². The van der Waals surface area contributed by atoms with Crippen LogP contribution in [0.5, 0.6) is 0 Å². The van der Waals surface area contributed by atoms with Crippen LogP contribution in [0.4, 0.5) is 0 Å². The van der Waals surface area contributed by atoms with Gasteiger partial charge < -0.3 is 10.2 Å². The van der Waals surface area contributed by atoms with Crippen LogP contribution in [-0.4, -0.2) is 43.3 Å². The summed E-state index contributed by atoms with van der Waals surface area (Å²) in [6.45, 7) is 4.42. The molecule has 1 N–H and O–H groups in total. The summed E-state index contributed by atoms with van der Waals surface area (Å²) < 4.78 is 0. The van der Waals surface area contributed by atoms with Crippen LogP contribution in [0.25, 0.3) is 0 Å². The molecule has 0 unspecified atom stereocenters.